The first kappa shape index (κ1) is 8.01. The zero-order valence-corrected chi connectivity index (χ0v) is 6.79. The Morgan fingerprint density at radius 2 is 1.83 bits per heavy atom. The maximum Gasteiger partial charge on any atom is 0.335 e. The van der Waals surface area contributed by atoms with Gasteiger partial charge in [-0.1, -0.05) is 0 Å². The van der Waals surface area contributed by atoms with Gasteiger partial charge in [0.2, 0.25) is 0 Å². The Labute approximate surface area is 70.6 Å². The number of nitrogens with one attached hydrogen (secondary N) is 1. The Balaban J connectivity index is 2.11. The number of carboxylic acid groups (broad SMARTS) is 1. The summed E-state index contributed by atoms with van der Waals surface area (Å²) in [6, 6.07) is 0. The van der Waals surface area contributed by atoms with E-state index in [1.807, 2.05) is 0 Å². The van der Waals surface area contributed by atoms with Gasteiger partial charge in [0.15, 0.2) is 5.60 Å². The maximum absolute atomic E-state index is 10.7. The van der Waals surface area contributed by atoms with E-state index in [2.05, 4.69) is 5.32 Å². The monoisotopic (exact) mass is 171 g/mol. The first-order valence-corrected chi connectivity index (χ1v) is 4.28. The minimum absolute atomic E-state index is 0.367. The SMILES string of the molecule is O=C(O)C1(O)CC2CNCC2C1. The molecule has 2 aliphatic rings. The summed E-state index contributed by atoms with van der Waals surface area (Å²) in [7, 11) is 0. The number of carbonyl (C=O) groups is 1. The van der Waals surface area contributed by atoms with Crippen molar-refractivity contribution in [1.82, 2.24) is 5.32 Å². The highest BCUT2D eigenvalue weighted by Crippen LogP contribution is 2.41. The first-order valence-electron chi connectivity index (χ1n) is 4.28. The van der Waals surface area contributed by atoms with Gasteiger partial charge in [0.05, 0.1) is 0 Å². The maximum atomic E-state index is 10.7. The minimum atomic E-state index is -1.43. The normalized spacial score (nSPS) is 46.1. The van der Waals surface area contributed by atoms with Gasteiger partial charge >= 0.3 is 5.97 Å². The van der Waals surface area contributed by atoms with E-state index >= 15 is 0 Å². The molecular weight excluding hydrogens is 158 g/mol. The summed E-state index contributed by atoms with van der Waals surface area (Å²) in [6.07, 6.45) is 0.833. The molecule has 1 saturated carbocycles. The molecular formula is C8H13NO3. The molecule has 1 heterocycles. The van der Waals surface area contributed by atoms with Crippen LogP contribution in [0.4, 0.5) is 0 Å². The van der Waals surface area contributed by atoms with Crippen LogP contribution in [-0.4, -0.2) is 34.9 Å². The van der Waals surface area contributed by atoms with Crippen LogP contribution in [0.15, 0.2) is 0 Å². The Hall–Kier alpha value is -0.610. The van der Waals surface area contributed by atoms with Crippen molar-refractivity contribution in [2.45, 2.75) is 18.4 Å². The molecule has 0 radical (unpaired) electrons. The lowest BCUT2D eigenvalue weighted by Crippen LogP contribution is -2.37. The van der Waals surface area contributed by atoms with E-state index in [1.54, 1.807) is 0 Å². The number of hydrogen-bond acceptors (Lipinski definition) is 3. The van der Waals surface area contributed by atoms with Crippen LogP contribution in [0.3, 0.4) is 0 Å². The third-order valence-electron chi connectivity index (χ3n) is 3.08. The highest BCUT2D eigenvalue weighted by molar-refractivity contribution is 5.77. The molecule has 2 fully saturated rings. The molecule has 1 aliphatic heterocycles. The fraction of sp³-hybridized carbons (Fsp3) is 0.875. The number of carboxylic acids is 1. The molecule has 1 aliphatic carbocycles. The van der Waals surface area contributed by atoms with E-state index in [0.717, 1.165) is 13.1 Å². The number of aliphatic carboxylic acids is 1. The Bertz CT molecular complexity index is 204. The molecule has 0 aromatic carbocycles. The van der Waals surface area contributed by atoms with Crippen molar-refractivity contribution in [3.05, 3.63) is 0 Å². The number of hydrogen-bond donors (Lipinski definition) is 3. The fourth-order valence-corrected chi connectivity index (χ4v) is 2.39. The molecule has 4 nitrogen and oxygen atoms in total. The van der Waals surface area contributed by atoms with Gasteiger partial charge in [0.1, 0.15) is 0 Å². The molecule has 4 heteroatoms. The summed E-state index contributed by atoms with van der Waals surface area (Å²) in [6.45, 7) is 1.72. The van der Waals surface area contributed by atoms with E-state index in [-0.39, 0.29) is 0 Å². The molecule has 0 amide bonds. The van der Waals surface area contributed by atoms with Crippen molar-refractivity contribution in [3.8, 4) is 0 Å². The fourth-order valence-electron chi connectivity index (χ4n) is 2.39. The second-order valence-electron chi connectivity index (χ2n) is 3.92. The van der Waals surface area contributed by atoms with E-state index in [0.29, 0.717) is 24.7 Å². The third kappa shape index (κ3) is 1.03. The molecule has 0 bridgehead atoms. The highest BCUT2D eigenvalue weighted by Gasteiger charge is 2.50. The van der Waals surface area contributed by atoms with Crippen molar-refractivity contribution < 1.29 is 15.0 Å². The van der Waals surface area contributed by atoms with Crippen LogP contribution in [0, 0.1) is 11.8 Å². The predicted octanol–water partition coefficient (Wildman–Crippen LogP) is -0.569. The minimum Gasteiger partial charge on any atom is -0.479 e. The zero-order chi connectivity index (χ0) is 8.77. The Morgan fingerprint density at radius 3 is 2.25 bits per heavy atom. The van der Waals surface area contributed by atoms with Gasteiger partial charge in [-0.05, 0) is 37.8 Å². The summed E-state index contributed by atoms with van der Waals surface area (Å²) in [5, 5.41) is 21.6. The second kappa shape index (κ2) is 2.44. The van der Waals surface area contributed by atoms with Crippen LogP contribution in [0.5, 0.6) is 0 Å². The van der Waals surface area contributed by atoms with Crippen molar-refractivity contribution >= 4 is 5.97 Å². The number of aliphatic hydroxyl groups is 1. The summed E-state index contributed by atoms with van der Waals surface area (Å²) in [5.41, 5.74) is -1.43. The molecule has 1 saturated heterocycles. The van der Waals surface area contributed by atoms with Crippen molar-refractivity contribution in [1.29, 1.82) is 0 Å². The van der Waals surface area contributed by atoms with Crippen LogP contribution >= 0.6 is 0 Å². The summed E-state index contributed by atoms with van der Waals surface area (Å²) in [4.78, 5) is 10.7. The molecule has 68 valence electrons. The summed E-state index contributed by atoms with van der Waals surface area (Å²) >= 11 is 0. The van der Waals surface area contributed by atoms with Gasteiger partial charge in [-0.2, -0.15) is 0 Å². The quantitative estimate of drug-likeness (QED) is 0.494. The highest BCUT2D eigenvalue weighted by atomic mass is 16.4. The van der Waals surface area contributed by atoms with Crippen LogP contribution in [0.25, 0.3) is 0 Å². The molecule has 0 aromatic heterocycles. The molecule has 2 rings (SSSR count). The van der Waals surface area contributed by atoms with Gasteiger partial charge in [-0.3, -0.25) is 0 Å². The van der Waals surface area contributed by atoms with E-state index in [1.165, 1.54) is 0 Å². The number of fused-ring (bicyclic) bond motifs is 1. The molecule has 0 aromatic rings. The molecule has 12 heavy (non-hydrogen) atoms. The lowest BCUT2D eigenvalue weighted by molar-refractivity contribution is -0.158. The lowest BCUT2D eigenvalue weighted by Gasteiger charge is -2.17. The van der Waals surface area contributed by atoms with Gasteiger partial charge in [-0.15, -0.1) is 0 Å². The topological polar surface area (TPSA) is 69.6 Å². The lowest BCUT2D eigenvalue weighted by atomic mass is 10.0. The van der Waals surface area contributed by atoms with Gasteiger partial charge in [0.25, 0.3) is 0 Å². The third-order valence-corrected chi connectivity index (χ3v) is 3.08. The standard InChI is InChI=1S/C8H13NO3/c10-7(11)8(12)1-5-3-9-4-6(5)2-8/h5-6,9,12H,1-4H2,(H,10,11). The first-order chi connectivity index (χ1) is 5.62. The summed E-state index contributed by atoms with van der Waals surface area (Å²) in [5.74, 6) is -0.325. The van der Waals surface area contributed by atoms with Gasteiger partial charge in [-0.25, -0.2) is 4.79 Å². The average Bonchev–Trinajstić information content (AvgIpc) is 2.44. The van der Waals surface area contributed by atoms with Gasteiger partial charge < -0.3 is 15.5 Å². The summed E-state index contributed by atoms with van der Waals surface area (Å²) < 4.78 is 0. The van der Waals surface area contributed by atoms with Crippen LogP contribution in [0.1, 0.15) is 12.8 Å². The van der Waals surface area contributed by atoms with Crippen molar-refractivity contribution in [2.24, 2.45) is 11.8 Å². The average molecular weight is 171 g/mol. The molecule has 2 unspecified atom stereocenters. The van der Waals surface area contributed by atoms with Crippen LogP contribution in [0.2, 0.25) is 0 Å². The predicted molar refractivity (Wildman–Crippen MR) is 41.7 cm³/mol. The van der Waals surface area contributed by atoms with E-state index in [4.69, 9.17) is 5.11 Å². The molecule has 3 N–H and O–H groups in total. The van der Waals surface area contributed by atoms with Gasteiger partial charge in [0, 0.05) is 0 Å². The van der Waals surface area contributed by atoms with E-state index < -0.39 is 11.6 Å². The largest absolute Gasteiger partial charge is 0.479 e. The van der Waals surface area contributed by atoms with Crippen molar-refractivity contribution in [3.63, 3.8) is 0 Å². The zero-order valence-electron chi connectivity index (χ0n) is 6.79. The molecule has 2 atom stereocenters. The smallest absolute Gasteiger partial charge is 0.335 e. The van der Waals surface area contributed by atoms with E-state index in [9.17, 15) is 9.90 Å². The van der Waals surface area contributed by atoms with Crippen molar-refractivity contribution in [2.75, 3.05) is 13.1 Å². The molecule has 0 spiro atoms. The van der Waals surface area contributed by atoms with Crippen LogP contribution < -0.4 is 5.32 Å². The van der Waals surface area contributed by atoms with Crippen LogP contribution in [-0.2, 0) is 4.79 Å². The number of rotatable bonds is 1. The second-order valence-corrected chi connectivity index (χ2v) is 3.92. The Kier molecular flexibility index (Phi) is 1.63. The Morgan fingerprint density at radius 1 is 1.33 bits per heavy atom.